The van der Waals surface area contributed by atoms with Crippen molar-refractivity contribution in [1.29, 1.82) is 0 Å². The summed E-state index contributed by atoms with van der Waals surface area (Å²) >= 11 is 0. The number of hydrogen-bond acceptors (Lipinski definition) is 5. The number of ether oxygens (including phenoxy) is 3. The van der Waals surface area contributed by atoms with Crippen LogP contribution in [0.2, 0.25) is 0 Å². The summed E-state index contributed by atoms with van der Waals surface area (Å²) in [6.07, 6.45) is 15.9. The number of benzene rings is 1. The Morgan fingerprint density at radius 3 is 2.49 bits per heavy atom. The fraction of sp³-hybridized carbons (Fsp3) is 0.737. The van der Waals surface area contributed by atoms with Gasteiger partial charge in [0.1, 0.15) is 6.61 Å². The molecule has 4 aliphatic carbocycles. The van der Waals surface area contributed by atoms with E-state index in [1.165, 1.54) is 56.1 Å². The van der Waals surface area contributed by atoms with Gasteiger partial charge in [0.15, 0.2) is 0 Å². The Hall–Kier alpha value is -2.14. The minimum Gasteiger partial charge on any atom is -0.466 e. The topological polar surface area (TPSA) is 61.8 Å². The smallest absolute Gasteiger partial charge is 0.338 e. The Balaban J connectivity index is 1.53. The molecule has 0 aromatic heterocycles. The lowest BCUT2D eigenvalue weighted by molar-refractivity contribution is -0.156. The minimum atomic E-state index is -0.269. The summed E-state index contributed by atoms with van der Waals surface area (Å²) in [4.78, 5) is 25.5. The van der Waals surface area contributed by atoms with Crippen LogP contribution in [-0.4, -0.2) is 38.4 Å². The first-order valence-corrected chi connectivity index (χ1v) is 17.3. The molecular weight excluding hydrogens is 536 g/mol. The molecule has 43 heavy (non-hydrogen) atoms. The van der Waals surface area contributed by atoms with Crippen LogP contribution < -0.4 is 0 Å². The lowest BCUT2D eigenvalue weighted by Gasteiger charge is -2.70. The number of fused-ring (bicyclic) bond motifs is 7. The third-order valence-corrected chi connectivity index (χ3v) is 12.6. The Kier molecular flexibility index (Phi) is 9.52. The quantitative estimate of drug-likeness (QED) is 0.146. The molecule has 5 rings (SSSR count). The highest BCUT2D eigenvalue weighted by molar-refractivity contribution is 5.90. The van der Waals surface area contributed by atoms with Crippen LogP contribution in [0.5, 0.6) is 0 Å². The summed E-state index contributed by atoms with van der Waals surface area (Å²) in [6.45, 7) is 16.0. The van der Waals surface area contributed by atoms with Crippen molar-refractivity contribution in [2.45, 2.75) is 124 Å². The molecule has 4 aliphatic rings. The molecule has 0 aliphatic heterocycles. The molecule has 1 aromatic rings. The molecule has 1 aromatic carbocycles. The van der Waals surface area contributed by atoms with Gasteiger partial charge in [0.2, 0.25) is 0 Å². The molecular formula is C38H56O5. The van der Waals surface area contributed by atoms with Crippen LogP contribution in [0.1, 0.15) is 134 Å². The van der Waals surface area contributed by atoms with Crippen LogP contribution in [0.25, 0.3) is 0 Å². The standard InChI is InChI=1S/C38H56O5/c1-7-22-41-23-24-43-34(40)28-16-15-27-17-18-32-36(4,30(27)25-28)26-29(12-11-14-33(39)42-8-2)38(6)31-13-9-10-19-35(31,3)20-21-37(32,38)5/h15-16,25-26,31-32H,7-14,17-24H2,1-6H3. The first kappa shape index (κ1) is 32.3. The van der Waals surface area contributed by atoms with E-state index in [2.05, 4.69) is 52.8 Å². The SMILES string of the molecule is CCCOCCOC(=O)c1ccc2c(c1)C1(C)C=C(CCCC(=O)OCC)C3(C)C4CCCCC4(C)CCC3(C)C1CC2. The first-order chi connectivity index (χ1) is 20.5. The normalized spacial score (nSPS) is 34.6. The Labute approximate surface area is 260 Å². The average Bonchev–Trinajstić information content (AvgIpc) is 2.98. The van der Waals surface area contributed by atoms with E-state index in [1.807, 2.05) is 13.0 Å². The lowest BCUT2D eigenvalue weighted by atomic mass is 9.33. The summed E-state index contributed by atoms with van der Waals surface area (Å²) in [5, 5.41) is 0. The van der Waals surface area contributed by atoms with Gasteiger partial charge in [0.25, 0.3) is 0 Å². The van der Waals surface area contributed by atoms with E-state index in [0.717, 1.165) is 25.7 Å². The van der Waals surface area contributed by atoms with Gasteiger partial charge < -0.3 is 14.2 Å². The van der Waals surface area contributed by atoms with E-state index in [9.17, 15) is 9.59 Å². The molecule has 6 unspecified atom stereocenters. The van der Waals surface area contributed by atoms with Gasteiger partial charge in [-0.25, -0.2) is 4.79 Å². The van der Waals surface area contributed by atoms with Gasteiger partial charge in [0.05, 0.1) is 18.8 Å². The van der Waals surface area contributed by atoms with E-state index < -0.39 is 0 Å². The third-order valence-electron chi connectivity index (χ3n) is 12.6. The van der Waals surface area contributed by atoms with Crippen LogP contribution in [0, 0.1) is 28.1 Å². The molecule has 0 amide bonds. The summed E-state index contributed by atoms with van der Waals surface area (Å²) in [6, 6.07) is 6.26. The number of esters is 2. The van der Waals surface area contributed by atoms with Crippen LogP contribution in [0.15, 0.2) is 29.8 Å². The molecule has 0 bridgehead atoms. The van der Waals surface area contributed by atoms with Crippen molar-refractivity contribution in [3.63, 3.8) is 0 Å². The van der Waals surface area contributed by atoms with Crippen LogP contribution in [-0.2, 0) is 30.8 Å². The van der Waals surface area contributed by atoms with E-state index in [1.54, 1.807) is 5.57 Å². The molecule has 2 fully saturated rings. The fourth-order valence-electron chi connectivity index (χ4n) is 10.4. The first-order valence-electron chi connectivity index (χ1n) is 17.3. The number of allylic oxidation sites excluding steroid dienone is 2. The van der Waals surface area contributed by atoms with E-state index in [4.69, 9.17) is 14.2 Å². The number of rotatable bonds is 11. The van der Waals surface area contributed by atoms with Crippen LogP contribution in [0.4, 0.5) is 0 Å². The van der Waals surface area contributed by atoms with Crippen molar-refractivity contribution in [3.8, 4) is 0 Å². The van der Waals surface area contributed by atoms with Gasteiger partial charge in [-0.3, -0.25) is 4.79 Å². The second kappa shape index (κ2) is 12.7. The highest BCUT2D eigenvalue weighted by Crippen LogP contribution is 2.74. The zero-order chi connectivity index (χ0) is 30.9. The average molecular weight is 593 g/mol. The molecule has 5 nitrogen and oxygen atoms in total. The number of carbonyl (C=O) groups excluding carboxylic acids is 2. The number of aryl methyl sites for hydroxylation is 1. The predicted octanol–water partition coefficient (Wildman–Crippen LogP) is 8.77. The van der Waals surface area contributed by atoms with Gasteiger partial charge in [-0.15, -0.1) is 0 Å². The monoisotopic (exact) mass is 592 g/mol. The second-order valence-corrected chi connectivity index (χ2v) is 14.9. The summed E-state index contributed by atoms with van der Waals surface area (Å²) in [7, 11) is 0. The Morgan fingerprint density at radius 2 is 1.72 bits per heavy atom. The van der Waals surface area contributed by atoms with Gasteiger partial charge in [-0.2, -0.15) is 0 Å². The highest BCUT2D eigenvalue weighted by atomic mass is 16.6. The van der Waals surface area contributed by atoms with Gasteiger partial charge in [0, 0.05) is 18.4 Å². The largest absolute Gasteiger partial charge is 0.466 e. The van der Waals surface area contributed by atoms with Crippen molar-refractivity contribution >= 4 is 11.9 Å². The molecule has 0 spiro atoms. The zero-order valence-electron chi connectivity index (χ0n) is 27.8. The Bertz CT molecular complexity index is 1220. The van der Waals surface area contributed by atoms with Gasteiger partial charge in [-0.1, -0.05) is 65.2 Å². The Morgan fingerprint density at radius 1 is 0.907 bits per heavy atom. The summed E-state index contributed by atoms with van der Waals surface area (Å²) in [5.74, 6) is 0.790. The van der Waals surface area contributed by atoms with Crippen molar-refractivity contribution in [2.24, 2.45) is 28.1 Å². The molecule has 6 atom stereocenters. The zero-order valence-corrected chi connectivity index (χ0v) is 27.8. The maximum absolute atomic E-state index is 13.1. The fourth-order valence-corrected chi connectivity index (χ4v) is 10.4. The highest BCUT2D eigenvalue weighted by Gasteiger charge is 2.67. The molecule has 0 radical (unpaired) electrons. The van der Waals surface area contributed by atoms with Crippen molar-refractivity contribution in [3.05, 3.63) is 46.5 Å². The predicted molar refractivity (Wildman–Crippen MR) is 171 cm³/mol. The lowest BCUT2D eigenvalue weighted by Crippen LogP contribution is -2.64. The molecule has 0 heterocycles. The molecule has 0 saturated heterocycles. The molecule has 2 saturated carbocycles. The summed E-state index contributed by atoms with van der Waals surface area (Å²) < 4.78 is 16.4. The number of hydrogen-bond donors (Lipinski definition) is 0. The van der Waals surface area contributed by atoms with Crippen LogP contribution >= 0.6 is 0 Å². The van der Waals surface area contributed by atoms with Crippen molar-refractivity contribution in [1.82, 2.24) is 0 Å². The maximum atomic E-state index is 13.1. The van der Waals surface area contributed by atoms with Crippen molar-refractivity contribution < 1.29 is 23.8 Å². The van der Waals surface area contributed by atoms with E-state index in [0.29, 0.717) is 49.1 Å². The van der Waals surface area contributed by atoms with Gasteiger partial charge in [-0.05, 0) is 116 Å². The minimum absolute atomic E-state index is 0.0891. The molecule has 238 valence electrons. The maximum Gasteiger partial charge on any atom is 0.338 e. The number of carbonyl (C=O) groups is 2. The van der Waals surface area contributed by atoms with Crippen molar-refractivity contribution in [2.75, 3.05) is 26.4 Å². The van der Waals surface area contributed by atoms with E-state index >= 15 is 0 Å². The third kappa shape index (κ3) is 5.62. The second-order valence-electron chi connectivity index (χ2n) is 14.9. The van der Waals surface area contributed by atoms with Crippen LogP contribution in [0.3, 0.4) is 0 Å². The molecule has 0 N–H and O–H groups in total. The molecule has 5 heteroatoms. The van der Waals surface area contributed by atoms with Gasteiger partial charge >= 0.3 is 11.9 Å². The van der Waals surface area contributed by atoms with E-state index in [-0.39, 0.29) is 34.8 Å². The summed E-state index contributed by atoms with van der Waals surface area (Å²) in [5.41, 5.74) is 5.26.